The normalized spacial score (nSPS) is 15.7. The maximum atomic E-state index is 13.6. The minimum absolute atomic E-state index is 0.0102. The first-order valence-corrected chi connectivity index (χ1v) is 9.97. The zero-order valence-corrected chi connectivity index (χ0v) is 17.8. The molecule has 1 aliphatic rings. The Bertz CT molecular complexity index is 1390. The number of halogens is 1. The van der Waals surface area contributed by atoms with Crippen molar-refractivity contribution in [2.45, 2.75) is 13.0 Å². The number of fused-ring (bicyclic) bond motifs is 2. The Morgan fingerprint density at radius 1 is 1.16 bits per heavy atom. The van der Waals surface area contributed by atoms with E-state index < -0.39 is 12.0 Å². The minimum atomic E-state index is -1.13. The molecular formula is C22H18ClN5O3. The van der Waals surface area contributed by atoms with Gasteiger partial charge in [0.05, 0.1) is 22.3 Å². The summed E-state index contributed by atoms with van der Waals surface area (Å²) in [6.45, 7) is 1.91. The maximum Gasteiger partial charge on any atom is 0.338 e. The topological polar surface area (TPSA) is 93.2 Å². The van der Waals surface area contributed by atoms with Gasteiger partial charge in [-0.1, -0.05) is 28.9 Å². The third kappa shape index (κ3) is 2.75. The molecule has 1 aliphatic heterocycles. The summed E-state index contributed by atoms with van der Waals surface area (Å²) in [5.41, 5.74) is 4.71. The highest BCUT2D eigenvalue weighted by Gasteiger charge is 2.44. The van der Waals surface area contributed by atoms with Gasteiger partial charge in [-0.25, -0.2) is 9.48 Å². The number of aryl methyl sites for hydroxylation is 3. The van der Waals surface area contributed by atoms with Crippen molar-refractivity contribution in [2.75, 3.05) is 4.90 Å². The number of benzene rings is 2. The van der Waals surface area contributed by atoms with Gasteiger partial charge in [0.15, 0.2) is 0 Å². The molecule has 1 unspecified atom stereocenters. The number of carbonyl (C=O) groups is 2. The molecule has 2 aromatic heterocycles. The second-order valence-corrected chi connectivity index (χ2v) is 8.13. The number of aromatic carboxylic acids is 1. The van der Waals surface area contributed by atoms with Crippen LogP contribution in [-0.2, 0) is 14.1 Å². The predicted octanol–water partition coefficient (Wildman–Crippen LogP) is 3.72. The summed E-state index contributed by atoms with van der Waals surface area (Å²) in [7, 11) is 3.54. The summed E-state index contributed by atoms with van der Waals surface area (Å²) in [6, 6.07) is 10.5. The number of carboxylic acid groups (broad SMARTS) is 1. The fraction of sp³-hybridized carbons (Fsp3) is 0.182. The van der Waals surface area contributed by atoms with Crippen LogP contribution < -0.4 is 4.90 Å². The van der Waals surface area contributed by atoms with E-state index in [1.165, 1.54) is 6.20 Å². The van der Waals surface area contributed by atoms with Crippen molar-refractivity contribution >= 4 is 40.2 Å². The number of hydrogen-bond acceptors (Lipinski definition) is 4. The van der Waals surface area contributed by atoms with Crippen LogP contribution in [0, 0.1) is 6.92 Å². The van der Waals surface area contributed by atoms with E-state index in [2.05, 4.69) is 10.3 Å². The van der Waals surface area contributed by atoms with Crippen molar-refractivity contribution in [3.8, 4) is 0 Å². The van der Waals surface area contributed by atoms with E-state index in [0.717, 1.165) is 22.2 Å². The van der Waals surface area contributed by atoms with Crippen LogP contribution in [0.1, 0.15) is 43.6 Å². The van der Waals surface area contributed by atoms with Crippen LogP contribution in [0.3, 0.4) is 0 Å². The third-order valence-corrected chi connectivity index (χ3v) is 6.02. The van der Waals surface area contributed by atoms with Gasteiger partial charge in [0, 0.05) is 31.0 Å². The first-order chi connectivity index (χ1) is 14.8. The molecule has 156 valence electrons. The molecule has 0 saturated heterocycles. The quantitative estimate of drug-likeness (QED) is 0.529. The SMILES string of the molecule is Cc1cc(N2C(=O)c3c(C(=O)O)cn(C)c3C2c2ccc(Cl)cc2)cc2c1nnn2C. The van der Waals surface area contributed by atoms with Crippen LogP contribution in [0.2, 0.25) is 5.02 Å². The van der Waals surface area contributed by atoms with Crippen LogP contribution in [0.25, 0.3) is 11.0 Å². The Balaban J connectivity index is 1.78. The lowest BCUT2D eigenvalue weighted by molar-refractivity contribution is 0.0692. The molecule has 8 nitrogen and oxygen atoms in total. The fourth-order valence-electron chi connectivity index (χ4n) is 4.36. The molecule has 0 radical (unpaired) electrons. The second kappa shape index (κ2) is 6.68. The van der Waals surface area contributed by atoms with Gasteiger partial charge in [-0.2, -0.15) is 0 Å². The molecule has 4 aromatic rings. The van der Waals surface area contributed by atoms with Crippen LogP contribution in [-0.4, -0.2) is 36.5 Å². The van der Waals surface area contributed by atoms with Crippen LogP contribution in [0.4, 0.5) is 5.69 Å². The summed E-state index contributed by atoms with van der Waals surface area (Å²) in [5, 5.41) is 18.5. The summed E-state index contributed by atoms with van der Waals surface area (Å²) in [5.74, 6) is -1.49. The highest BCUT2D eigenvalue weighted by molar-refractivity contribution is 6.30. The van der Waals surface area contributed by atoms with E-state index in [-0.39, 0.29) is 17.0 Å². The number of aromatic nitrogens is 4. The smallest absolute Gasteiger partial charge is 0.338 e. The largest absolute Gasteiger partial charge is 0.478 e. The van der Waals surface area contributed by atoms with Crippen molar-refractivity contribution in [3.05, 3.63) is 75.6 Å². The molecular weight excluding hydrogens is 418 g/mol. The van der Waals surface area contributed by atoms with E-state index in [0.29, 0.717) is 16.4 Å². The summed E-state index contributed by atoms with van der Waals surface area (Å²) in [4.78, 5) is 27.1. The third-order valence-electron chi connectivity index (χ3n) is 5.77. The Labute approximate surface area is 182 Å². The number of carbonyl (C=O) groups excluding carboxylic acids is 1. The number of hydrogen-bond donors (Lipinski definition) is 1. The van der Waals surface area contributed by atoms with Gasteiger partial charge in [-0.05, 0) is 42.3 Å². The standard InChI is InChI=1S/C22H18ClN5O3/c1-11-8-14(9-16-18(11)24-25-27(16)3)28-19(12-4-6-13(23)7-5-12)20-17(21(28)29)15(22(30)31)10-26(20)2/h4-10,19H,1-3H3,(H,30,31). The first kappa shape index (κ1) is 19.3. The van der Waals surface area contributed by atoms with Gasteiger partial charge in [-0.3, -0.25) is 9.69 Å². The Hall–Kier alpha value is -3.65. The highest BCUT2D eigenvalue weighted by Crippen LogP contribution is 2.44. The van der Waals surface area contributed by atoms with E-state index in [9.17, 15) is 14.7 Å². The summed E-state index contributed by atoms with van der Waals surface area (Å²) < 4.78 is 3.37. The molecule has 9 heteroatoms. The van der Waals surface area contributed by atoms with Crippen molar-refractivity contribution in [1.29, 1.82) is 0 Å². The average Bonchev–Trinajstić information content (AvgIpc) is 3.36. The first-order valence-electron chi connectivity index (χ1n) is 9.59. The van der Waals surface area contributed by atoms with Crippen LogP contribution in [0.5, 0.6) is 0 Å². The van der Waals surface area contributed by atoms with Gasteiger partial charge < -0.3 is 9.67 Å². The lowest BCUT2D eigenvalue weighted by Crippen LogP contribution is -2.30. The molecule has 1 amide bonds. The zero-order chi connectivity index (χ0) is 22.0. The highest BCUT2D eigenvalue weighted by atomic mass is 35.5. The lowest BCUT2D eigenvalue weighted by Gasteiger charge is -2.27. The number of nitrogens with zero attached hydrogens (tertiary/aromatic N) is 5. The van der Waals surface area contributed by atoms with Gasteiger partial charge >= 0.3 is 5.97 Å². The van der Waals surface area contributed by atoms with Gasteiger partial charge in [0.2, 0.25) is 0 Å². The Morgan fingerprint density at radius 2 is 1.87 bits per heavy atom. The molecule has 0 fully saturated rings. The van der Waals surface area contributed by atoms with Crippen molar-refractivity contribution in [3.63, 3.8) is 0 Å². The molecule has 1 atom stereocenters. The maximum absolute atomic E-state index is 13.6. The monoisotopic (exact) mass is 435 g/mol. The summed E-state index contributed by atoms with van der Waals surface area (Å²) >= 11 is 6.09. The van der Waals surface area contributed by atoms with Crippen molar-refractivity contribution < 1.29 is 14.7 Å². The van der Waals surface area contributed by atoms with E-state index in [4.69, 9.17) is 11.6 Å². The number of carboxylic acids is 1. The number of anilines is 1. The molecule has 0 aliphatic carbocycles. The van der Waals surface area contributed by atoms with Gasteiger partial charge in [-0.15, -0.1) is 5.10 Å². The van der Waals surface area contributed by atoms with Crippen molar-refractivity contribution in [2.24, 2.45) is 14.1 Å². The van der Waals surface area contributed by atoms with Crippen LogP contribution in [0.15, 0.2) is 42.6 Å². The lowest BCUT2D eigenvalue weighted by atomic mass is 10.0. The second-order valence-electron chi connectivity index (χ2n) is 7.69. The molecule has 31 heavy (non-hydrogen) atoms. The molecule has 3 heterocycles. The minimum Gasteiger partial charge on any atom is -0.478 e. The fourth-order valence-corrected chi connectivity index (χ4v) is 4.48. The van der Waals surface area contributed by atoms with Gasteiger partial charge in [0.25, 0.3) is 5.91 Å². The average molecular weight is 436 g/mol. The predicted molar refractivity (Wildman–Crippen MR) is 116 cm³/mol. The molecule has 5 rings (SSSR count). The van der Waals surface area contributed by atoms with E-state index in [1.807, 2.05) is 31.2 Å². The number of rotatable bonds is 3. The molecule has 2 aromatic carbocycles. The molecule has 0 bridgehead atoms. The van der Waals surface area contributed by atoms with E-state index >= 15 is 0 Å². The zero-order valence-electron chi connectivity index (χ0n) is 17.0. The molecule has 0 spiro atoms. The Morgan fingerprint density at radius 3 is 2.55 bits per heavy atom. The Kier molecular flexibility index (Phi) is 4.16. The van der Waals surface area contributed by atoms with Crippen molar-refractivity contribution in [1.82, 2.24) is 19.6 Å². The summed E-state index contributed by atoms with van der Waals surface area (Å²) in [6.07, 6.45) is 1.49. The van der Waals surface area contributed by atoms with Crippen LogP contribution >= 0.6 is 11.6 Å². The molecule has 0 saturated carbocycles. The number of amides is 1. The van der Waals surface area contributed by atoms with E-state index in [1.54, 1.807) is 40.4 Å². The van der Waals surface area contributed by atoms with Gasteiger partial charge in [0.1, 0.15) is 11.6 Å². The molecule has 1 N–H and O–H groups in total.